The van der Waals surface area contributed by atoms with E-state index in [0.717, 1.165) is 6.54 Å². The normalized spacial score (nSPS) is 11.8. The Labute approximate surface area is 153 Å². The maximum absolute atomic E-state index is 13.1. The second-order valence-corrected chi connectivity index (χ2v) is 7.96. The summed E-state index contributed by atoms with van der Waals surface area (Å²) in [6.45, 7) is 1.18. The summed E-state index contributed by atoms with van der Waals surface area (Å²) in [5, 5.41) is 0.697. The lowest BCUT2D eigenvalue weighted by atomic mass is 10.2. The molecule has 2 aromatic carbocycles. The van der Waals surface area contributed by atoms with Gasteiger partial charge in [0.05, 0.1) is 23.7 Å². The second kappa shape index (κ2) is 7.39. The fraction of sp³-hybridized carbons (Fsp3) is 0.263. The molecule has 1 heterocycles. The van der Waals surface area contributed by atoms with Crippen molar-refractivity contribution in [1.82, 2.24) is 8.87 Å². The van der Waals surface area contributed by atoms with Crippen molar-refractivity contribution in [2.75, 3.05) is 34.4 Å². The molecule has 0 atom stereocenters. The summed E-state index contributed by atoms with van der Waals surface area (Å²) < 4.78 is 38.5. The lowest BCUT2D eigenvalue weighted by Crippen LogP contribution is -2.19. The Morgan fingerprint density at radius 3 is 2.46 bits per heavy atom. The molecule has 0 radical (unpaired) electrons. The minimum atomic E-state index is -3.72. The molecule has 0 aliphatic rings. The average Bonchev–Trinajstić information content (AvgIpc) is 3.01. The quantitative estimate of drug-likeness (QED) is 0.636. The molecule has 3 rings (SSSR count). The molecule has 6 nitrogen and oxygen atoms in total. The zero-order valence-electron chi connectivity index (χ0n) is 15.0. The van der Waals surface area contributed by atoms with E-state index in [1.54, 1.807) is 55.6 Å². The maximum Gasteiger partial charge on any atom is 0.268 e. The molecule has 3 aromatic rings. The predicted molar refractivity (Wildman–Crippen MR) is 102 cm³/mol. The Hall–Kier alpha value is -2.51. The third-order valence-corrected chi connectivity index (χ3v) is 5.73. The maximum atomic E-state index is 13.1. The summed E-state index contributed by atoms with van der Waals surface area (Å²) >= 11 is 0. The van der Waals surface area contributed by atoms with Crippen LogP contribution in [0.1, 0.15) is 0 Å². The van der Waals surface area contributed by atoms with Gasteiger partial charge >= 0.3 is 0 Å². The SMILES string of the molecule is COc1ccc2c(c1)c(OCCN(C)C)cn2S(=O)(=O)c1ccccc1. The molecule has 0 saturated heterocycles. The molecule has 0 spiro atoms. The zero-order valence-corrected chi connectivity index (χ0v) is 15.9. The molecule has 7 heteroatoms. The van der Waals surface area contributed by atoms with Crippen LogP contribution in [0.4, 0.5) is 0 Å². The van der Waals surface area contributed by atoms with Crippen LogP contribution >= 0.6 is 0 Å². The van der Waals surface area contributed by atoms with Gasteiger partial charge in [-0.15, -0.1) is 0 Å². The third-order valence-electron chi connectivity index (χ3n) is 4.04. The fourth-order valence-electron chi connectivity index (χ4n) is 2.64. The number of ether oxygens (including phenoxy) is 2. The van der Waals surface area contributed by atoms with Crippen molar-refractivity contribution >= 4 is 20.9 Å². The van der Waals surface area contributed by atoms with Gasteiger partial charge in [-0.05, 0) is 44.4 Å². The molecule has 138 valence electrons. The van der Waals surface area contributed by atoms with Crippen LogP contribution in [-0.4, -0.2) is 51.6 Å². The first-order chi connectivity index (χ1) is 12.4. The molecular weight excluding hydrogens is 352 g/mol. The van der Waals surface area contributed by atoms with Crippen LogP contribution in [0.25, 0.3) is 10.9 Å². The number of likely N-dealkylation sites (N-methyl/N-ethyl adjacent to an activating group) is 1. The van der Waals surface area contributed by atoms with Crippen LogP contribution in [0, 0.1) is 0 Å². The van der Waals surface area contributed by atoms with Crippen molar-refractivity contribution in [3.05, 3.63) is 54.7 Å². The largest absolute Gasteiger partial charge is 0.497 e. The van der Waals surface area contributed by atoms with Gasteiger partial charge in [0.2, 0.25) is 0 Å². The molecule has 0 aliphatic heterocycles. The van der Waals surface area contributed by atoms with Crippen LogP contribution in [0.5, 0.6) is 11.5 Å². The molecule has 0 saturated carbocycles. The number of methoxy groups -OCH3 is 1. The van der Waals surface area contributed by atoms with Crippen molar-refractivity contribution in [2.45, 2.75) is 4.90 Å². The molecule has 0 amide bonds. The molecule has 0 bridgehead atoms. The Morgan fingerprint density at radius 2 is 1.81 bits per heavy atom. The molecule has 0 aliphatic carbocycles. The summed E-state index contributed by atoms with van der Waals surface area (Å²) in [7, 11) is 1.76. The number of aromatic nitrogens is 1. The van der Waals surface area contributed by atoms with Gasteiger partial charge < -0.3 is 14.4 Å². The van der Waals surface area contributed by atoms with E-state index in [1.807, 2.05) is 19.0 Å². The van der Waals surface area contributed by atoms with Gasteiger partial charge in [0.15, 0.2) is 0 Å². The summed E-state index contributed by atoms with van der Waals surface area (Å²) in [5.74, 6) is 1.16. The molecular formula is C19H22N2O4S. The Balaban J connectivity index is 2.11. The third kappa shape index (κ3) is 3.54. The summed E-state index contributed by atoms with van der Waals surface area (Å²) in [6.07, 6.45) is 1.53. The highest BCUT2D eigenvalue weighted by Gasteiger charge is 2.22. The Morgan fingerprint density at radius 1 is 1.08 bits per heavy atom. The van der Waals surface area contributed by atoms with Gasteiger partial charge in [-0.2, -0.15) is 0 Å². The smallest absolute Gasteiger partial charge is 0.268 e. The highest BCUT2D eigenvalue weighted by atomic mass is 32.2. The van der Waals surface area contributed by atoms with Crippen molar-refractivity contribution in [2.24, 2.45) is 0 Å². The number of nitrogens with zero attached hydrogens (tertiary/aromatic N) is 2. The highest BCUT2D eigenvalue weighted by molar-refractivity contribution is 7.90. The molecule has 26 heavy (non-hydrogen) atoms. The fourth-order valence-corrected chi connectivity index (χ4v) is 4.02. The topological polar surface area (TPSA) is 60.8 Å². The zero-order chi connectivity index (χ0) is 18.7. The van der Waals surface area contributed by atoms with E-state index < -0.39 is 10.0 Å². The number of hydrogen-bond donors (Lipinski definition) is 0. The van der Waals surface area contributed by atoms with Gasteiger partial charge in [0.25, 0.3) is 10.0 Å². The van der Waals surface area contributed by atoms with E-state index in [9.17, 15) is 8.42 Å². The predicted octanol–water partition coefficient (Wildman–Crippen LogP) is 2.83. The Bertz CT molecular complexity index is 995. The van der Waals surface area contributed by atoms with E-state index in [4.69, 9.17) is 9.47 Å². The van der Waals surface area contributed by atoms with Gasteiger partial charge in [-0.25, -0.2) is 12.4 Å². The van der Waals surface area contributed by atoms with E-state index in [2.05, 4.69) is 0 Å². The highest BCUT2D eigenvalue weighted by Crippen LogP contribution is 2.33. The number of benzene rings is 2. The number of fused-ring (bicyclic) bond motifs is 1. The Kier molecular flexibility index (Phi) is 5.20. The minimum Gasteiger partial charge on any atom is -0.497 e. The van der Waals surface area contributed by atoms with Crippen molar-refractivity contribution in [3.8, 4) is 11.5 Å². The van der Waals surface area contributed by atoms with Gasteiger partial charge in [-0.3, -0.25) is 0 Å². The van der Waals surface area contributed by atoms with Crippen LogP contribution in [0.2, 0.25) is 0 Å². The van der Waals surface area contributed by atoms with E-state index in [-0.39, 0.29) is 4.90 Å². The first-order valence-corrected chi connectivity index (χ1v) is 9.65. The molecule has 1 aromatic heterocycles. The minimum absolute atomic E-state index is 0.229. The molecule has 0 N–H and O–H groups in total. The number of hydrogen-bond acceptors (Lipinski definition) is 5. The molecule has 0 fully saturated rings. The van der Waals surface area contributed by atoms with Crippen LogP contribution in [-0.2, 0) is 10.0 Å². The van der Waals surface area contributed by atoms with Crippen LogP contribution < -0.4 is 9.47 Å². The van der Waals surface area contributed by atoms with Crippen molar-refractivity contribution < 1.29 is 17.9 Å². The lowest BCUT2D eigenvalue weighted by molar-refractivity contribution is 0.263. The first-order valence-electron chi connectivity index (χ1n) is 8.21. The second-order valence-electron chi connectivity index (χ2n) is 6.14. The van der Waals surface area contributed by atoms with Gasteiger partial charge in [0, 0.05) is 11.9 Å². The summed E-state index contributed by atoms with van der Waals surface area (Å²) in [5.41, 5.74) is 0.550. The van der Waals surface area contributed by atoms with Crippen molar-refractivity contribution in [1.29, 1.82) is 0 Å². The summed E-state index contributed by atoms with van der Waals surface area (Å²) in [6, 6.07) is 13.6. The standard InChI is InChI=1S/C19H22N2O4S/c1-20(2)11-12-25-19-14-21(18-10-9-15(24-3)13-17(18)19)26(22,23)16-7-5-4-6-8-16/h4-10,13-14H,11-12H2,1-3H3. The van der Waals surface area contributed by atoms with E-state index >= 15 is 0 Å². The number of rotatable bonds is 7. The summed E-state index contributed by atoms with van der Waals surface area (Å²) in [4.78, 5) is 2.23. The first kappa shape index (κ1) is 18.3. The molecule has 0 unspecified atom stereocenters. The van der Waals surface area contributed by atoms with E-state index in [0.29, 0.717) is 29.0 Å². The van der Waals surface area contributed by atoms with Crippen LogP contribution in [0.15, 0.2) is 59.6 Å². The average molecular weight is 374 g/mol. The monoisotopic (exact) mass is 374 g/mol. The van der Waals surface area contributed by atoms with Gasteiger partial charge in [-0.1, -0.05) is 18.2 Å². The van der Waals surface area contributed by atoms with E-state index in [1.165, 1.54) is 10.2 Å². The van der Waals surface area contributed by atoms with Crippen molar-refractivity contribution in [3.63, 3.8) is 0 Å². The van der Waals surface area contributed by atoms with Gasteiger partial charge in [0.1, 0.15) is 18.1 Å². The lowest BCUT2D eigenvalue weighted by Gasteiger charge is -2.10. The van der Waals surface area contributed by atoms with Crippen LogP contribution in [0.3, 0.4) is 0 Å².